The second-order valence-corrected chi connectivity index (χ2v) is 7.52. The fourth-order valence-corrected chi connectivity index (χ4v) is 4.64. The molecule has 20 heavy (non-hydrogen) atoms. The first-order chi connectivity index (χ1) is 9.81. The van der Waals surface area contributed by atoms with E-state index in [9.17, 15) is 0 Å². The standard InChI is InChI=1S/C19H27N/c1-13(14-6-7-14)12-20-19-17-8-9-18(19)11-16-5-3-2-4-15(16)10-17/h2-5,13-14,17-20H,6-12H2,1H3. The summed E-state index contributed by atoms with van der Waals surface area (Å²) in [7, 11) is 0. The molecule has 3 unspecified atom stereocenters. The van der Waals surface area contributed by atoms with E-state index < -0.39 is 0 Å². The lowest BCUT2D eigenvalue weighted by Gasteiger charge is -2.25. The van der Waals surface area contributed by atoms with E-state index in [-0.39, 0.29) is 0 Å². The smallest absolute Gasteiger partial charge is 0.0130 e. The van der Waals surface area contributed by atoms with Gasteiger partial charge in [-0.2, -0.15) is 0 Å². The molecule has 4 rings (SSSR count). The van der Waals surface area contributed by atoms with Gasteiger partial charge < -0.3 is 5.32 Å². The van der Waals surface area contributed by atoms with Crippen LogP contribution in [-0.4, -0.2) is 12.6 Å². The van der Waals surface area contributed by atoms with E-state index in [0.29, 0.717) is 0 Å². The molecule has 1 N–H and O–H groups in total. The van der Waals surface area contributed by atoms with Crippen LogP contribution in [0.15, 0.2) is 24.3 Å². The molecule has 1 heteroatoms. The van der Waals surface area contributed by atoms with E-state index in [1.54, 1.807) is 11.1 Å². The zero-order chi connectivity index (χ0) is 13.5. The molecule has 0 aromatic heterocycles. The molecule has 0 saturated heterocycles. The Hall–Kier alpha value is -0.820. The molecular formula is C19H27N. The van der Waals surface area contributed by atoms with Crippen molar-refractivity contribution in [1.29, 1.82) is 0 Å². The summed E-state index contributed by atoms with van der Waals surface area (Å²) >= 11 is 0. The molecule has 1 nitrogen and oxygen atoms in total. The van der Waals surface area contributed by atoms with Gasteiger partial charge in [-0.3, -0.25) is 0 Å². The molecule has 2 bridgehead atoms. The molecule has 2 fully saturated rings. The molecule has 108 valence electrons. The van der Waals surface area contributed by atoms with Crippen LogP contribution in [0.5, 0.6) is 0 Å². The zero-order valence-corrected chi connectivity index (χ0v) is 12.6. The predicted molar refractivity (Wildman–Crippen MR) is 83.7 cm³/mol. The van der Waals surface area contributed by atoms with Crippen molar-refractivity contribution < 1.29 is 0 Å². The summed E-state index contributed by atoms with van der Waals surface area (Å²) in [6, 6.07) is 9.94. The molecule has 0 spiro atoms. The molecule has 3 aliphatic rings. The monoisotopic (exact) mass is 269 g/mol. The Balaban J connectivity index is 1.46. The van der Waals surface area contributed by atoms with Gasteiger partial charge in [-0.15, -0.1) is 0 Å². The van der Waals surface area contributed by atoms with Crippen molar-refractivity contribution in [1.82, 2.24) is 5.32 Å². The van der Waals surface area contributed by atoms with Gasteiger partial charge in [0, 0.05) is 6.04 Å². The second kappa shape index (κ2) is 5.18. The van der Waals surface area contributed by atoms with Crippen LogP contribution in [0.25, 0.3) is 0 Å². The summed E-state index contributed by atoms with van der Waals surface area (Å²) in [6.45, 7) is 3.69. The largest absolute Gasteiger partial charge is 0.313 e. The minimum atomic E-state index is 0.781. The molecule has 1 aromatic carbocycles. The third-order valence-electron chi connectivity index (χ3n) is 6.11. The van der Waals surface area contributed by atoms with Crippen LogP contribution >= 0.6 is 0 Å². The van der Waals surface area contributed by atoms with Gasteiger partial charge in [-0.25, -0.2) is 0 Å². The first kappa shape index (κ1) is 12.9. The molecule has 0 radical (unpaired) electrons. The van der Waals surface area contributed by atoms with E-state index in [0.717, 1.165) is 29.7 Å². The van der Waals surface area contributed by atoms with Crippen LogP contribution in [0.3, 0.4) is 0 Å². The average molecular weight is 269 g/mol. The van der Waals surface area contributed by atoms with Gasteiger partial charge in [0.1, 0.15) is 0 Å². The van der Waals surface area contributed by atoms with Crippen LogP contribution in [0, 0.1) is 23.7 Å². The molecule has 0 heterocycles. The van der Waals surface area contributed by atoms with Gasteiger partial charge in [0.25, 0.3) is 0 Å². The zero-order valence-electron chi connectivity index (χ0n) is 12.6. The first-order valence-electron chi connectivity index (χ1n) is 8.61. The van der Waals surface area contributed by atoms with Gasteiger partial charge >= 0.3 is 0 Å². The summed E-state index contributed by atoms with van der Waals surface area (Å²) in [4.78, 5) is 0. The summed E-state index contributed by atoms with van der Waals surface area (Å²) in [5, 5.41) is 3.98. The highest BCUT2D eigenvalue weighted by Gasteiger charge is 2.39. The van der Waals surface area contributed by atoms with Crippen molar-refractivity contribution in [3.8, 4) is 0 Å². The Morgan fingerprint density at radius 2 is 1.60 bits per heavy atom. The second-order valence-electron chi connectivity index (χ2n) is 7.52. The fourth-order valence-electron chi connectivity index (χ4n) is 4.64. The third kappa shape index (κ3) is 2.41. The highest BCUT2D eigenvalue weighted by molar-refractivity contribution is 5.30. The normalized spacial score (nSPS) is 33.5. The van der Waals surface area contributed by atoms with Crippen molar-refractivity contribution in [3.05, 3.63) is 35.4 Å². The fraction of sp³-hybridized carbons (Fsp3) is 0.684. The number of benzene rings is 1. The molecular weight excluding hydrogens is 242 g/mol. The van der Waals surface area contributed by atoms with Gasteiger partial charge in [-0.1, -0.05) is 31.2 Å². The molecule has 0 amide bonds. The summed E-state index contributed by atoms with van der Waals surface area (Å²) in [5.74, 6) is 3.69. The molecule has 1 aromatic rings. The molecule has 2 saturated carbocycles. The van der Waals surface area contributed by atoms with E-state index in [1.165, 1.54) is 45.1 Å². The Labute approximate surface area is 123 Å². The lowest BCUT2D eigenvalue weighted by molar-refractivity contribution is 0.314. The molecule has 0 aliphatic heterocycles. The first-order valence-corrected chi connectivity index (χ1v) is 8.61. The summed E-state index contributed by atoms with van der Waals surface area (Å²) < 4.78 is 0. The molecule has 3 aliphatic carbocycles. The topological polar surface area (TPSA) is 12.0 Å². The van der Waals surface area contributed by atoms with E-state index >= 15 is 0 Å². The predicted octanol–water partition coefficient (Wildman–Crippen LogP) is 3.82. The number of hydrogen-bond donors (Lipinski definition) is 1. The lowest BCUT2D eigenvalue weighted by Crippen LogP contribution is -2.40. The van der Waals surface area contributed by atoms with Crippen LogP contribution in [0.4, 0.5) is 0 Å². The maximum absolute atomic E-state index is 3.98. The van der Waals surface area contributed by atoms with Crippen molar-refractivity contribution in [2.75, 3.05) is 6.54 Å². The number of fused-ring (bicyclic) bond motifs is 3. The number of nitrogens with one attached hydrogen (secondary N) is 1. The maximum Gasteiger partial charge on any atom is 0.0130 e. The summed E-state index contributed by atoms with van der Waals surface area (Å²) in [5.41, 5.74) is 3.25. The van der Waals surface area contributed by atoms with E-state index in [2.05, 4.69) is 36.5 Å². The maximum atomic E-state index is 3.98. The lowest BCUT2D eigenvalue weighted by atomic mass is 9.94. The molecule has 3 atom stereocenters. The van der Waals surface area contributed by atoms with Crippen LogP contribution in [0.2, 0.25) is 0 Å². The highest BCUT2D eigenvalue weighted by atomic mass is 14.9. The highest BCUT2D eigenvalue weighted by Crippen LogP contribution is 2.41. The quantitative estimate of drug-likeness (QED) is 0.876. The van der Waals surface area contributed by atoms with E-state index in [1.807, 2.05) is 0 Å². The van der Waals surface area contributed by atoms with Crippen LogP contribution < -0.4 is 5.32 Å². The van der Waals surface area contributed by atoms with Gasteiger partial charge in [0.05, 0.1) is 0 Å². The van der Waals surface area contributed by atoms with Crippen molar-refractivity contribution in [2.24, 2.45) is 23.7 Å². The Morgan fingerprint density at radius 3 is 2.15 bits per heavy atom. The minimum Gasteiger partial charge on any atom is -0.313 e. The number of hydrogen-bond acceptors (Lipinski definition) is 1. The Kier molecular flexibility index (Phi) is 3.34. The Morgan fingerprint density at radius 1 is 1.00 bits per heavy atom. The van der Waals surface area contributed by atoms with Crippen LogP contribution in [0.1, 0.15) is 43.7 Å². The summed E-state index contributed by atoms with van der Waals surface area (Å²) in [6.07, 6.45) is 8.45. The van der Waals surface area contributed by atoms with E-state index in [4.69, 9.17) is 0 Å². The third-order valence-corrected chi connectivity index (χ3v) is 6.11. The van der Waals surface area contributed by atoms with Gasteiger partial charge in [0.15, 0.2) is 0 Å². The van der Waals surface area contributed by atoms with Crippen molar-refractivity contribution >= 4 is 0 Å². The van der Waals surface area contributed by atoms with Crippen molar-refractivity contribution in [2.45, 2.75) is 51.5 Å². The number of rotatable bonds is 4. The van der Waals surface area contributed by atoms with Crippen LogP contribution in [-0.2, 0) is 12.8 Å². The van der Waals surface area contributed by atoms with Gasteiger partial charge in [-0.05, 0) is 79.9 Å². The SMILES string of the molecule is CC(CNC1C2CCC1Cc1ccccc1C2)C1CC1. The minimum absolute atomic E-state index is 0.781. The Bertz CT molecular complexity index is 443. The van der Waals surface area contributed by atoms with Gasteiger partial charge in [0.2, 0.25) is 0 Å². The van der Waals surface area contributed by atoms with Crippen molar-refractivity contribution in [3.63, 3.8) is 0 Å². The average Bonchev–Trinajstić information content (AvgIpc) is 3.23.